The van der Waals surface area contributed by atoms with Crippen LogP contribution in [0, 0.1) is 33.6 Å². The summed E-state index contributed by atoms with van der Waals surface area (Å²) in [6.07, 6.45) is 3.62. The zero-order valence-electron chi connectivity index (χ0n) is 48.0. The summed E-state index contributed by atoms with van der Waals surface area (Å²) in [4.78, 5) is 9.00. The Morgan fingerprint density at radius 1 is 0.400 bits per heavy atom. The number of hydrogen-bond donors (Lipinski definition) is 2. The predicted octanol–water partition coefficient (Wildman–Crippen LogP) is 18.1. The topological polar surface area (TPSA) is 65.2 Å². The fourth-order valence-corrected chi connectivity index (χ4v) is 6.63. The summed E-state index contributed by atoms with van der Waals surface area (Å²) in [5.41, 5.74) is 11.3. The second kappa shape index (κ2) is 34.4. The number of rotatable bonds is 6. The van der Waals surface area contributed by atoms with Gasteiger partial charge in [0.05, 0.1) is 6.54 Å². The van der Waals surface area contributed by atoms with E-state index in [0.29, 0.717) is 24.0 Å². The minimum atomic E-state index is -0.118. The van der Waals surface area contributed by atoms with Crippen LogP contribution in [0.1, 0.15) is 158 Å². The van der Waals surface area contributed by atoms with Crippen LogP contribution < -0.4 is 0 Å². The van der Waals surface area contributed by atoms with Gasteiger partial charge >= 0.3 is 52.4 Å². The summed E-state index contributed by atoms with van der Waals surface area (Å²) in [7, 11) is 0. The molecule has 0 unspecified atom stereocenters. The summed E-state index contributed by atoms with van der Waals surface area (Å²) in [5, 5.41) is 21.3. The smallest absolute Gasteiger partial charge is 0.507 e. The van der Waals surface area contributed by atoms with Gasteiger partial charge in [-0.3, -0.25) is 9.98 Å². The number of phenolic OH excluding ortho intramolecular Hbond substituents is 2. The summed E-state index contributed by atoms with van der Waals surface area (Å²) < 4.78 is 0. The van der Waals surface area contributed by atoms with Crippen LogP contribution in [0.25, 0.3) is 0 Å². The Morgan fingerprint density at radius 3 is 0.893 bits per heavy atom. The molecular weight excluding hydrogens is 1070 g/mol. The second-order valence-corrected chi connectivity index (χ2v) is 22.7. The van der Waals surface area contributed by atoms with Crippen molar-refractivity contribution in [3.63, 3.8) is 0 Å². The number of hydrogen-bond acceptors (Lipinski definition) is 4. The van der Waals surface area contributed by atoms with Gasteiger partial charge in [-0.2, -0.15) is 98.5 Å². The van der Waals surface area contributed by atoms with Crippen LogP contribution in [-0.4, -0.2) is 29.2 Å². The average molecular weight is 1160 g/mol. The Kier molecular flexibility index (Phi) is 32.0. The quantitative estimate of drug-likeness (QED) is 0.129. The maximum absolute atomic E-state index is 10.7. The summed E-state index contributed by atoms with van der Waals surface area (Å²) in [5.74, 6) is 1.23. The molecule has 0 atom stereocenters. The molecule has 2 N–H and O–H groups in total. The normalized spacial score (nSPS) is 11.0. The molecule has 7 aromatic rings. The van der Waals surface area contributed by atoms with E-state index in [2.05, 4.69) is 171 Å². The van der Waals surface area contributed by atoms with Gasteiger partial charge in [0.15, 0.2) is 0 Å². The molecule has 0 aromatic heterocycles. The van der Waals surface area contributed by atoms with Gasteiger partial charge in [0.1, 0.15) is 11.5 Å². The van der Waals surface area contributed by atoms with Crippen molar-refractivity contribution in [1.82, 2.24) is 0 Å². The molecule has 4 nitrogen and oxygen atoms in total. The van der Waals surface area contributed by atoms with Crippen LogP contribution in [0.15, 0.2) is 186 Å². The largest absolute Gasteiger partial charge is 2.00 e. The van der Waals surface area contributed by atoms with Gasteiger partial charge in [-0.1, -0.05) is 164 Å². The molecule has 0 spiro atoms. The third-order valence-electron chi connectivity index (χ3n) is 11.0. The van der Waals surface area contributed by atoms with Crippen molar-refractivity contribution in [2.75, 3.05) is 6.54 Å². The van der Waals surface area contributed by atoms with E-state index in [0.717, 1.165) is 56.6 Å². The summed E-state index contributed by atoms with van der Waals surface area (Å²) in [6.45, 7) is 46.5. The van der Waals surface area contributed by atoms with Crippen LogP contribution in [-0.2, 0) is 80.6 Å². The summed E-state index contributed by atoms with van der Waals surface area (Å²) in [6, 6.07) is 58.0. The van der Waals surface area contributed by atoms with Crippen molar-refractivity contribution in [1.29, 1.82) is 0 Å². The van der Waals surface area contributed by atoms with Crippen molar-refractivity contribution in [3.8, 4) is 11.5 Å². The van der Waals surface area contributed by atoms with E-state index in [-0.39, 0.29) is 74.1 Å². The van der Waals surface area contributed by atoms with E-state index < -0.39 is 0 Å². The number of nitrogens with zero attached hydrogens (tertiary/aromatic N) is 2. The average Bonchev–Trinajstić information content (AvgIpc) is 3.31. The van der Waals surface area contributed by atoms with E-state index >= 15 is 0 Å². The second-order valence-electron chi connectivity index (χ2n) is 22.7. The monoisotopic (exact) mass is 1160 g/mol. The first-order valence-electron chi connectivity index (χ1n) is 25.4. The molecule has 394 valence electrons. The first-order valence-corrected chi connectivity index (χ1v) is 25.4. The number of aromatic hydroxyl groups is 2. The molecule has 0 radical (unpaired) electrons. The van der Waals surface area contributed by atoms with Gasteiger partial charge < -0.3 is 10.2 Å². The van der Waals surface area contributed by atoms with Gasteiger partial charge in [0, 0.05) is 41.2 Å². The Balaban J connectivity index is 0.000000955. The Bertz CT molecular complexity index is 2500. The zero-order chi connectivity index (χ0) is 54.8. The fourth-order valence-electron chi connectivity index (χ4n) is 6.63. The first-order chi connectivity index (χ1) is 34.1. The van der Waals surface area contributed by atoms with E-state index in [1.165, 1.54) is 11.1 Å². The zero-order valence-corrected chi connectivity index (χ0v) is 52.9. The van der Waals surface area contributed by atoms with Crippen LogP contribution in [0.4, 0.5) is 0 Å². The molecule has 0 fully saturated rings. The first kappa shape index (κ1) is 69.7. The molecule has 0 saturated carbocycles. The molecule has 0 heterocycles. The third kappa shape index (κ3) is 29.0. The fraction of sp³-hybridized carbons (Fsp3) is 0.304. The maximum atomic E-state index is 10.7. The van der Waals surface area contributed by atoms with Crippen molar-refractivity contribution in [2.45, 2.75) is 125 Å². The molecule has 0 bridgehead atoms. The third-order valence-corrected chi connectivity index (χ3v) is 11.0. The van der Waals surface area contributed by atoms with Crippen LogP contribution in [0.3, 0.4) is 0 Å². The van der Waals surface area contributed by atoms with Crippen molar-refractivity contribution >= 4 is 12.4 Å². The molecule has 0 saturated heterocycles. The van der Waals surface area contributed by atoms with Gasteiger partial charge in [-0.25, -0.2) is 0 Å². The van der Waals surface area contributed by atoms with E-state index in [1.54, 1.807) is 6.21 Å². The molecule has 7 aromatic carbocycles. The molecule has 7 rings (SSSR count). The number of benzene rings is 7. The van der Waals surface area contributed by atoms with Crippen molar-refractivity contribution in [3.05, 3.63) is 265 Å². The molecule has 0 amide bonds. The number of phenols is 2. The Labute approximate surface area is 495 Å². The van der Waals surface area contributed by atoms with Crippen LogP contribution in [0.5, 0.6) is 11.5 Å². The van der Waals surface area contributed by atoms with Crippen molar-refractivity contribution < 1.29 is 62.6 Å². The SMILES string of the molecule is CC(C)(C)c1cc(C=NCc2ccccc2)c(O)c(C(C)(C)C)c1.CC(C)CN=Cc1cc(C(C)(C)C)cc(C(C)(C)C)c1O.[CH2-]c1ccccc1.[CH2-]c1ccccc1.[CH2-]c1ccccc1.[CH2-]c1ccccc1.[Zr+2].[Zr+2]. The van der Waals surface area contributed by atoms with Crippen LogP contribution in [0.2, 0.25) is 0 Å². The van der Waals surface area contributed by atoms with E-state index in [9.17, 15) is 10.2 Å². The molecule has 0 aliphatic carbocycles. The minimum absolute atomic E-state index is 0. The molecular formula is C69H88N2O2Zr2. The summed E-state index contributed by atoms with van der Waals surface area (Å²) >= 11 is 0. The molecule has 0 aliphatic rings. The predicted molar refractivity (Wildman–Crippen MR) is 320 cm³/mol. The van der Waals surface area contributed by atoms with Gasteiger partial charge in [-0.15, -0.1) is 48.5 Å². The van der Waals surface area contributed by atoms with Gasteiger partial charge in [0.2, 0.25) is 0 Å². The van der Waals surface area contributed by atoms with Gasteiger partial charge in [-0.05, 0) is 56.4 Å². The standard InChI is InChI=1S/C22H29NO.C19H31NO.4C7H7.2Zr/c1-21(2,3)18-12-17(20(24)19(13-18)22(4,5)6)15-23-14-16-10-8-7-9-11-16;1-13(2)11-20-12-14-9-15(18(3,4)5)10-16(17(14)21)19(6,7)8;4*1-7-5-3-2-4-6-7;;/h7-13,15,24H,14H2,1-6H3;9-10,12-13,21H,11H2,1-8H3;4*2-6H,1H2;;/q;;4*-1;2*+2. The van der Waals surface area contributed by atoms with Gasteiger partial charge in [0.25, 0.3) is 0 Å². The van der Waals surface area contributed by atoms with Crippen molar-refractivity contribution in [2.24, 2.45) is 15.9 Å². The van der Waals surface area contributed by atoms with E-state index in [1.807, 2.05) is 146 Å². The van der Waals surface area contributed by atoms with Crippen LogP contribution >= 0.6 is 0 Å². The number of aliphatic imine (C=N–C) groups is 2. The molecule has 75 heavy (non-hydrogen) atoms. The minimum Gasteiger partial charge on any atom is -0.507 e. The molecule has 6 heteroatoms. The molecule has 0 aliphatic heterocycles. The Hall–Kier alpha value is -5.27. The Morgan fingerprint density at radius 2 is 0.667 bits per heavy atom. The van der Waals surface area contributed by atoms with E-state index in [4.69, 9.17) is 0 Å². The maximum Gasteiger partial charge on any atom is 2.00 e.